The molecule has 1 N–H and O–H groups in total. The minimum Gasteiger partial charge on any atom is -0.507 e. The van der Waals surface area contributed by atoms with Crippen molar-refractivity contribution in [3.05, 3.63) is 40.0 Å². The van der Waals surface area contributed by atoms with Gasteiger partial charge in [0.05, 0.1) is 5.56 Å². The van der Waals surface area contributed by atoms with Crippen molar-refractivity contribution in [3.63, 3.8) is 0 Å². The number of allylic oxidation sites excluding steroid dienone is 1. The number of carbonyl (C=O) groups excluding carboxylic acids is 1. The van der Waals surface area contributed by atoms with E-state index in [4.69, 9.17) is 9.15 Å². The van der Waals surface area contributed by atoms with Crippen molar-refractivity contribution >= 4 is 5.97 Å². The number of ether oxygens (including phenoxy) is 1. The summed E-state index contributed by atoms with van der Waals surface area (Å²) in [6.07, 6.45) is 6.50. The molecule has 0 spiro atoms. The Labute approximate surface area is 197 Å². The van der Waals surface area contributed by atoms with Gasteiger partial charge < -0.3 is 14.3 Å². The molecular weight excluding hydrogens is 416 g/mol. The minimum atomic E-state index is -0.436. The maximum atomic E-state index is 12.6. The summed E-state index contributed by atoms with van der Waals surface area (Å²) in [6, 6.07) is 1.54. The van der Waals surface area contributed by atoms with Gasteiger partial charge in [-0.1, -0.05) is 39.8 Å². The molecule has 0 bridgehead atoms. The number of hydrogen-bond acceptors (Lipinski definition) is 5. The van der Waals surface area contributed by atoms with E-state index in [1.165, 1.54) is 12.5 Å². The van der Waals surface area contributed by atoms with E-state index in [0.29, 0.717) is 29.6 Å². The second kappa shape index (κ2) is 8.02. The zero-order chi connectivity index (χ0) is 24.3. The lowest BCUT2D eigenvalue weighted by atomic mass is 9.38. The first-order valence-electron chi connectivity index (χ1n) is 12.5. The Morgan fingerprint density at radius 3 is 2.45 bits per heavy atom. The zero-order valence-corrected chi connectivity index (χ0v) is 21.1. The molecule has 1 aromatic rings. The predicted octanol–water partition coefficient (Wildman–Crippen LogP) is 5.95. The monoisotopic (exact) mass is 456 g/mol. The predicted molar refractivity (Wildman–Crippen MR) is 128 cm³/mol. The number of aromatic hydroxyl groups is 1. The lowest BCUT2D eigenvalue weighted by molar-refractivity contribution is -0.200. The number of fused-ring (bicyclic) bond motifs is 3. The fourth-order valence-electron chi connectivity index (χ4n) is 8.41. The summed E-state index contributed by atoms with van der Waals surface area (Å²) < 4.78 is 11.1. The molecule has 0 saturated heterocycles. The van der Waals surface area contributed by atoms with Crippen molar-refractivity contribution in [2.75, 3.05) is 0 Å². The third kappa shape index (κ3) is 3.76. The van der Waals surface area contributed by atoms with Gasteiger partial charge in [-0.2, -0.15) is 0 Å². The van der Waals surface area contributed by atoms with Gasteiger partial charge in [0.1, 0.15) is 17.6 Å². The summed E-state index contributed by atoms with van der Waals surface area (Å²) in [4.78, 5) is 24.4. The highest BCUT2D eigenvalue weighted by Gasteiger charge is 2.63. The fraction of sp³-hybridized carbons (Fsp3) is 0.714. The van der Waals surface area contributed by atoms with Crippen LogP contribution in [-0.2, 0) is 16.0 Å². The average Bonchev–Trinajstić information content (AvgIpc) is 2.68. The van der Waals surface area contributed by atoms with Crippen LogP contribution in [0.25, 0.3) is 0 Å². The molecule has 3 aliphatic rings. The van der Waals surface area contributed by atoms with E-state index in [2.05, 4.69) is 34.3 Å². The Morgan fingerprint density at radius 1 is 1.15 bits per heavy atom. The highest BCUT2D eigenvalue weighted by molar-refractivity contribution is 5.66. The van der Waals surface area contributed by atoms with E-state index in [0.717, 1.165) is 38.5 Å². The Bertz CT molecular complexity index is 1020. The van der Waals surface area contributed by atoms with Crippen molar-refractivity contribution in [1.82, 2.24) is 0 Å². The highest BCUT2D eigenvalue weighted by atomic mass is 16.5. The van der Waals surface area contributed by atoms with Gasteiger partial charge in [0.2, 0.25) is 0 Å². The summed E-state index contributed by atoms with van der Waals surface area (Å²) in [6.45, 7) is 17.0. The smallest absolute Gasteiger partial charge is 0.342 e. The van der Waals surface area contributed by atoms with Crippen LogP contribution in [0.3, 0.4) is 0 Å². The van der Waals surface area contributed by atoms with Gasteiger partial charge in [-0.3, -0.25) is 4.79 Å². The van der Waals surface area contributed by atoms with Gasteiger partial charge >= 0.3 is 11.6 Å². The molecule has 0 aromatic carbocycles. The molecule has 0 amide bonds. The molecular formula is C28H40O5. The first-order chi connectivity index (χ1) is 15.3. The maximum absolute atomic E-state index is 12.6. The van der Waals surface area contributed by atoms with Gasteiger partial charge in [0.25, 0.3) is 0 Å². The molecule has 1 heterocycles. The third-order valence-corrected chi connectivity index (χ3v) is 9.94. The molecule has 3 aliphatic carbocycles. The summed E-state index contributed by atoms with van der Waals surface area (Å²) in [5, 5.41) is 10.5. The number of hydrogen-bond donors (Lipinski definition) is 1. The molecule has 5 nitrogen and oxygen atoms in total. The van der Waals surface area contributed by atoms with Crippen molar-refractivity contribution in [1.29, 1.82) is 0 Å². The molecule has 1 aromatic heterocycles. The van der Waals surface area contributed by atoms with Crippen LogP contribution >= 0.6 is 0 Å². The van der Waals surface area contributed by atoms with Crippen LogP contribution in [0.4, 0.5) is 0 Å². The maximum Gasteiger partial charge on any atom is 0.342 e. The second-order valence-corrected chi connectivity index (χ2v) is 12.1. The number of esters is 1. The van der Waals surface area contributed by atoms with Crippen molar-refractivity contribution in [2.45, 2.75) is 92.6 Å². The van der Waals surface area contributed by atoms with Crippen LogP contribution in [0.15, 0.2) is 27.4 Å². The lowest BCUT2D eigenvalue weighted by Crippen LogP contribution is -2.61. The van der Waals surface area contributed by atoms with E-state index in [1.807, 2.05) is 0 Å². The van der Waals surface area contributed by atoms with Crippen molar-refractivity contribution in [2.24, 2.45) is 34.0 Å². The standard InChI is InChI=1S/C28H40O5/c1-16-8-9-23-27(6,20(16)15-19-21(30)14-17(2)32-25(19)31)12-10-22-26(4,5)24(33-18(3)29)11-13-28(22,23)7/h14,20,22-24,30H,1,8-13,15H2,2-7H3/t20-,22+,23-,24+,27-,28+/m1/s1. The van der Waals surface area contributed by atoms with Gasteiger partial charge in [-0.15, -0.1) is 0 Å². The third-order valence-electron chi connectivity index (χ3n) is 9.94. The SMILES string of the molecule is C=C1CC[C@@H]2[C@](C)(CC[C@H]3C(C)(C)[C@@H](OC(C)=O)CC[C@]23C)[C@@H]1Cc1c(O)cc(C)oc1=O. The zero-order valence-electron chi connectivity index (χ0n) is 21.1. The van der Waals surface area contributed by atoms with Crippen LogP contribution in [0, 0.1) is 40.9 Å². The topological polar surface area (TPSA) is 76.7 Å². The summed E-state index contributed by atoms with van der Waals surface area (Å²) >= 11 is 0. The van der Waals surface area contributed by atoms with E-state index >= 15 is 0 Å². The van der Waals surface area contributed by atoms with Crippen molar-refractivity contribution < 1.29 is 19.1 Å². The van der Waals surface area contributed by atoms with Gasteiger partial charge in [-0.05, 0) is 80.5 Å². The van der Waals surface area contributed by atoms with Gasteiger partial charge in [0.15, 0.2) is 0 Å². The highest BCUT2D eigenvalue weighted by Crippen LogP contribution is 2.69. The average molecular weight is 457 g/mol. The molecule has 0 aliphatic heterocycles. The van der Waals surface area contributed by atoms with Gasteiger partial charge in [0, 0.05) is 18.4 Å². The molecule has 4 rings (SSSR count). The van der Waals surface area contributed by atoms with Crippen LogP contribution in [0.1, 0.15) is 84.5 Å². The van der Waals surface area contributed by atoms with Crippen LogP contribution in [0.5, 0.6) is 5.75 Å². The lowest BCUT2D eigenvalue weighted by Gasteiger charge is -2.66. The van der Waals surface area contributed by atoms with E-state index in [-0.39, 0.29) is 40.0 Å². The van der Waals surface area contributed by atoms with E-state index in [1.54, 1.807) is 13.0 Å². The first-order valence-corrected chi connectivity index (χ1v) is 12.5. The Balaban J connectivity index is 1.69. The second-order valence-electron chi connectivity index (χ2n) is 12.1. The summed E-state index contributed by atoms with van der Waals surface area (Å²) in [7, 11) is 0. The normalized spacial score (nSPS) is 37.7. The van der Waals surface area contributed by atoms with E-state index < -0.39 is 5.63 Å². The van der Waals surface area contributed by atoms with Crippen LogP contribution in [-0.4, -0.2) is 17.2 Å². The molecule has 33 heavy (non-hydrogen) atoms. The molecule has 0 unspecified atom stereocenters. The molecule has 6 atom stereocenters. The van der Waals surface area contributed by atoms with Gasteiger partial charge in [-0.25, -0.2) is 4.79 Å². The number of carbonyl (C=O) groups is 1. The molecule has 182 valence electrons. The Kier molecular flexibility index (Phi) is 5.86. The Hall–Kier alpha value is -2.04. The summed E-state index contributed by atoms with van der Waals surface area (Å²) in [5.74, 6) is 1.34. The molecule has 0 radical (unpaired) electrons. The number of aryl methyl sites for hydroxylation is 1. The molecule has 3 fully saturated rings. The fourth-order valence-corrected chi connectivity index (χ4v) is 8.41. The largest absolute Gasteiger partial charge is 0.507 e. The summed E-state index contributed by atoms with van der Waals surface area (Å²) in [5.41, 5.74) is 1.16. The Morgan fingerprint density at radius 2 is 1.82 bits per heavy atom. The molecule has 3 saturated carbocycles. The van der Waals surface area contributed by atoms with E-state index in [9.17, 15) is 14.7 Å². The minimum absolute atomic E-state index is 0.00526. The van der Waals surface area contributed by atoms with Crippen molar-refractivity contribution in [3.8, 4) is 5.75 Å². The van der Waals surface area contributed by atoms with Crippen LogP contribution < -0.4 is 5.63 Å². The quantitative estimate of drug-likeness (QED) is 0.449. The van der Waals surface area contributed by atoms with Crippen LogP contribution in [0.2, 0.25) is 0 Å². The number of rotatable bonds is 3. The molecule has 5 heteroatoms. The first kappa shape index (κ1) is 24.1.